The number of anilines is 1. The third-order valence-electron chi connectivity index (χ3n) is 5.69. The highest BCUT2D eigenvalue weighted by Gasteiger charge is 2.42. The normalized spacial score (nSPS) is 36.0. The predicted molar refractivity (Wildman–Crippen MR) is 83.6 cm³/mol. The molecule has 2 heteroatoms. The Kier molecular flexibility index (Phi) is 2.24. The quantitative estimate of drug-likeness (QED) is 0.634. The molecule has 4 aliphatic rings. The minimum Gasteiger partial charge on any atom is -0.370 e. The van der Waals surface area contributed by atoms with E-state index in [0.29, 0.717) is 11.8 Å². The Morgan fingerprint density at radius 1 is 0.950 bits per heavy atom. The van der Waals surface area contributed by atoms with Crippen molar-refractivity contribution in [2.24, 2.45) is 11.8 Å². The maximum atomic E-state index is 6.59. The third-order valence-corrected chi connectivity index (χ3v) is 6.02. The number of benzene rings is 1. The maximum Gasteiger partial charge on any atom is 0.0465 e. The van der Waals surface area contributed by atoms with Crippen molar-refractivity contribution in [2.45, 2.75) is 24.7 Å². The molecule has 1 aromatic rings. The molecule has 0 saturated heterocycles. The van der Waals surface area contributed by atoms with Gasteiger partial charge in [0.1, 0.15) is 0 Å². The molecule has 0 bridgehead atoms. The fourth-order valence-corrected chi connectivity index (χ4v) is 5.11. The lowest BCUT2D eigenvalue weighted by Crippen LogP contribution is -2.43. The van der Waals surface area contributed by atoms with Crippen LogP contribution in [0.25, 0.3) is 0 Å². The van der Waals surface area contributed by atoms with E-state index in [4.69, 9.17) is 11.6 Å². The lowest BCUT2D eigenvalue weighted by molar-refractivity contribution is 0.410. The fourth-order valence-electron chi connectivity index (χ4n) is 4.84. The highest BCUT2D eigenvalue weighted by atomic mass is 35.5. The summed E-state index contributed by atoms with van der Waals surface area (Å²) in [5.74, 6) is 2.69. The van der Waals surface area contributed by atoms with Gasteiger partial charge in [-0.2, -0.15) is 0 Å². The molecule has 20 heavy (non-hydrogen) atoms. The largest absolute Gasteiger partial charge is 0.370 e. The molecule has 5 rings (SSSR count). The van der Waals surface area contributed by atoms with Crippen LogP contribution in [-0.2, 0) is 0 Å². The molecular formula is C18H18ClN. The van der Waals surface area contributed by atoms with Crippen molar-refractivity contribution < 1.29 is 0 Å². The van der Waals surface area contributed by atoms with Crippen LogP contribution in [0.5, 0.6) is 0 Å². The summed E-state index contributed by atoms with van der Waals surface area (Å²) < 4.78 is 0. The van der Waals surface area contributed by atoms with Gasteiger partial charge in [0.15, 0.2) is 0 Å². The molecule has 1 nitrogen and oxygen atoms in total. The number of rotatable bonds is 0. The van der Waals surface area contributed by atoms with E-state index in [-0.39, 0.29) is 0 Å². The summed E-state index contributed by atoms with van der Waals surface area (Å²) in [4.78, 5) is 2.64. The van der Waals surface area contributed by atoms with Crippen LogP contribution in [0, 0.1) is 11.8 Å². The van der Waals surface area contributed by atoms with Crippen molar-refractivity contribution in [3.63, 3.8) is 0 Å². The molecule has 0 unspecified atom stereocenters. The number of halogens is 1. The van der Waals surface area contributed by atoms with E-state index in [1.165, 1.54) is 42.7 Å². The molecule has 2 aliphatic carbocycles. The molecule has 0 amide bonds. The first-order valence-corrected chi connectivity index (χ1v) is 8.11. The second kappa shape index (κ2) is 3.92. The first-order valence-electron chi connectivity index (χ1n) is 7.73. The van der Waals surface area contributed by atoms with Gasteiger partial charge >= 0.3 is 0 Å². The van der Waals surface area contributed by atoms with E-state index in [1.807, 2.05) is 0 Å². The Labute approximate surface area is 124 Å². The van der Waals surface area contributed by atoms with Crippen LogP contribution in [0.3, 0.4) is 0 Å². The molecule has 102 valence electrons. The van der Waals surface area contributed by atoms with Crippen LogP contribution in [0.15, 0.2) is 36.4 Å². The average molecular weight is 284 g/mol. The van der Waals surface area contributed by atoms with Gasteiger partial charge in [-0.05, 0) is 36.3 Å². The highest BCUT2D eigenvalue weighted by molar-refractivity contribution is 6.32. The molecule has 0 N–H and O–H groups in total. The molecule has 4 atom stereocenters. The molecule has 0 radical (unpaired) electrons. The second-order valence-electron chi connectivity index (χ2n) is 6.70. The molecule has 2 aliphatic heterocycles. The Morgan fingerprint density at radius 3 is 2.45 bits per heavy atom. The van der Waals surface area contributed by atoms with Gasteiger partial charge in [0.05, 0.1) is 0 Å². The van der Waals surface area contributed by atoms with Gasteiger partial charge < -0.3 is 4.90 Å². The summed E-state index contributed by atoms with van der Waals surface area (Å²) in [6, 6.07) is 4.41. The zero-order chi connectivity index (χ0) is 13.3. The van der Waals surface area contributed by atoms with E-state index in [1.54, 1.807) is 0 Å². The SMILES string of the molecule is Clc1ccc2c3c1[C@@H]1C=CC[C@@H]1CN3C[C@@H]1CC=C[C@H]21. The minimum atomic E-state index is 0.552. The number of nitrogens with zero attached hydrogens (tertiary/aromatic N) is 1. The van der Waals surface area contributed by atoms with Gasteiger partial charge in [-0.1, -0.05) is 42.0 Å². The van der Waals surface area contributed by atoms with Crippen LogP contribution >= 0.6 is 11.6 Å². The summed E-state index contributed by atoms with van der Waals surface area (Å²) in [6.07, 6.45) is 12.0. The van der Waals surface area contributed by atoms with E-state index in [9.17, 15) is 0 Å². The monoisotopic (exact) mass is 283 g/mol. The van der Waals surface area contributed by atoms with Crippen molar-refractivity contribution in [2.75, 3.05) is 18.0 Å². The van der Waals surface area contributed by atoms with Gasteiger partial charge in [-0.3, -0.25) is 0 Å². The van der Waals surface area contributed by atoms with Gasteiger partial charge in [-0.15, -0.1) is 0 Å². The zero-order valence-electron chi connectivity index (χ0n) is 11.4. The number of hydrogen-bond acceptors (Lipinski definition) is 1. The van der Waals surface area contributed by atoms with Crippen LogP contribution < -0.4 is 4.90 Å². The fraction of sp³-hybridized carbons (Fsp3) is 0.444. The molecule has 1 aromatic carbocycles. The number of allylic oxidation sites excluding steroid dienone is 4. The molecule has 2 heterocycles. The van der Waals surface area contributed by atoms with Crippen molar-refractivity contribution >= 4 is 17.3 Å². The van der Waals surface area contributed by atoms with E-state index < -0.39 is 0 Å². The lowest BCUT2D eigenvalue weighted by atomic mass is 9.75. The summed E-state index contributed by atoms with van der Waals surface area (Å²) in [5.41, 5.74) is 4.40. The molecule has 0 aromatic heterocycles. The summed E-state index contributed by atoms with van der Waals surface area (Å²) in [7, 11) is 0. The molecule has 0 saturated carbocycles. The number of hydrogen-bond donors (Lipinski definition) is 0. The Hall–Kier alpha value is -1.21. The Morgan fingerprint density at radius 2 is 1.65 bits per heavy atom. The third kappa shape index (κ3) is 1.34. The molecule has 0 spiro atoms. The lowest BCUT2D eigenvalue weighted by Gasteiger charge is -2.46. The van der Waals surface area contributed by atoms with Crippen LogP contribution in [0.1, 0.15) is 35.8 Å². The Bertz CT molecular complexity index is 643. The minimum absolute atomic E-state index is 0.552. The van der Waals surface area contributed by atoms with E-state index in [2.05, 4.69) is 41.3 Å². The summed E-state index contributed by atoms with van der Waals surface area (Å²) >= 11 is 6.59. The molecular weight excluding hydrogens is 266 g/mol. The van der Waals surface area contributed by atoms with Crippen LogP contribution in [0.2, 0.25) is 5.02 Å². The number of fused-ring (bicyclic) bond motifs is 4. The van der Waals surface area contributed by atoms with Crippen molar-refractivity contribution in [3.05, 3.63) is 52.6 Å². The van der Waals surface area contributed by atoms with Crippen molar-refractivity contribution in [3.8, 4) is 0 Å². The average Bonchev–Trinajstić information content (AvgIpc) is 3.08. The van der Waals surface area contributed by atoms with E-state index in [0.717, 1.165) is 16.9 Å². The zero-order valence-corrected chi connectivity index (χ0v) is 12.2. The standard InChI is InChI=1S/C18H18ClN/c19-16-8-7-15-13-5-1-3-11(13)9-20-10-12-4-2-6-14(12)17(16)18(15)20/h1-2,5-8,11-14H,3-4,9-10H2/t11-,12+,13-,14+/m0/s1. The topological polar surface area (TPSA) is 3.24 Å². The second-order valence-corrected chi connectivity index (χ2v) is 7.11. The van der Waals surface area contributed by atoms with Crippen LogP contribution in [0.4, 0.5) is 5.69 Å². The first-order chi connectivity index (χ1) is 9.83. The van der Waals surface area contributed by atoms with Crippen LogP contribution in [-0.4, -0.2) is 13.1 Å². The van der Waals surface area contributed by atoms with Gasteiger partial charge in [0.2, 0.25) is 0 Å². The van der Waals surface area contributed by atoms with Crippen molar-refractivity contribution in [1.82, 2.24) is 0 Å². The van der Waals surface area contributed by atoms with E-state index >= 15 is 0 Å². The van der Waals surface area contributed by atoms with Crippen molar-refractivity contribution in [1.29, 1.82) is 0 Å². The van der Waals surface area contributed by atoms with Gasteiger partial charge in [0, 0.05) is 41.2 Å². The summed E-state index contributed by atoms with van der Waals surface area (Å²) in [5, 5.41) is 0.968. The van der Waals surface area contributed by atoms with Gasteiger partial charge in [-0.25, -0.2) is 0 Å². The molecule has 0 fully saturated rings. The first kappa shape index (κ1) is 11.4. The maximum absolute atomic E-state index is 6.59. The Balaban J connectivity index is 1.77. The highest BCUT2D eigenvalue weighted by Crippen LogP contribution is 2.54. The van der Waals surface area contributed by atoms with Gasteiger partial charge in [0.25, 0.3) is 0 Å². The summed E-state index contributed by atoms with van der Waals surface area (Å²) in [6.45, 7) is 2.42. The predicted octanol–water partition coefficient (Wildman–Crippen LogP) is 4.49. The smallest absolute Gasteiger partial charge is 0.0465 e.